The standard InChI is InChI=1S/C16H18ClNO3/c17-12-3-1-11(2-4-12)16(8-9-16)15(21)18(13-5-6-13)10-7-14(19)20/h1-4,13H,5-10H2,(H,19,20). The van der Waals surface area contributed by atoms with E-state index >= 15 is 0 Å². The van der Waals surface area contributed by atoms with Crippen molar-refractivity contribution in [1.82, 2.24) is 4.90 Å². The number of carboxylic acid groups (broad SMARTS) is 1. The lowest BCUT2D eigenvalue weighted by Crippen LogP contribution is -2.42. The third-order valence-corrected chi connectivity index (χ3v) is 4.62. The second kappa shape index (κ2) is 5.34. The van der Waals surface area contributed by atoms with E-state index in [-0.39, 0.29) is 18.4 Å². The van der Waals surface area contributed by atoms with Crippen molar-refractivity contribution >= 4 is 23.5 Å². The molecule has 0 aliphatic heterocycles. The monoisotopic (exact) mass is 307 g/mol. The van der Waals surface area contributed by atoms with Gasteiger partial charge in [-0.25, -0.2) is 0 Å². The third-order valence-electron chi connectivity index (χ3n) is 4.37. The fraction of sp³-hybridized carbons (Fsp3) is 0.500. The summed E-state index contributed by atoms with van der Waals surface area (Å²) >= 11 is 5.91. The second-order valence-corrected chi connectivity index (χ2v) is 6.40. The van der Waals surface area contributed by atoms with E-state index in [4.69, 9.17) is 16.7 Å². The maximum absolute atomic E-state index is 12.9. The third kappa shape index (κ3) is 2.91. The van der Waals surface area contributed by atoms with Crippen LogP contribution in [0, 0.1) is 0 Å². The second-order valence-electron chi connectivity index (χ2n) is 5.96. The summed E-state index contributed by atoms with van der Waals surface area (Å²) in [6, 6.07) is 7.68. The van der Waals surface area contributed by atoms with Crippen LogP contribution in [0.5, 0.6) is 0 Å². The van der Waals surface area contributed by atoms with E-state index in [1.807, 2.05) is 24.3 Å². The molecular formula is C16H18ClNO3. The minimum Gasteiger partial charge on any atom is -0.481 e. The lowest BCUT2D eigenvalue weighted by Gasteiger charge is -2.27. The van der Waals surface area contributed by atoms with Gasteiger partial charge in [0.05, 0.1) is 11.8 Å². The van der Waals surface area contributed by atoms with E-state index in [0.29, 0.717) is 11.6 Å². The number of hydrogen-bond donors (Lipinski definition) is 1. The number of carboxylic acids is 1. The minimum atomic E-state index is -0.857. The molecule has 2 fully saturated rings. The molecule has 0 aromatic heterocycles. The first-order chi connectivity index (χ1) is 10.0. The summed E-state index contributed by atoms with van der Waals surface area (Å²) in [5.74, 6) is -0.765. The van der Waals surface area contributed by atoms with Gasteiger partial charge in [-0.3, -0.25) is 9.59 Å². The molecule has 2 aliphatic rings. The summed E-state index contributed by atoms with van der Waals surface area (Å²) in [7, 11) is 0. The normalized spacial score (nSPS) is 19.1. The van der Waals surface area contributed by atoms with Crippen LogP contribution in [0.25, 0.3) is 0 Å². The SMILES string of the molecule is O=C(O)CCN(C(=O)C1(c2ccc(Cl)cc2)CC1)C1CC1. The van der Waals surface area contributed by atoms with Crippen LogP contribution in [0.1, 0.15) is 37.7 Å². The highest BCUT2D eigenvalue weighted by Gasteiger charge is 2.54. The van der Waals surface area contributed by atoms with E-state index in [1.165, 1.54) is 0 Å². The molecule has 0 heterocycles. The molecule has 1 N–H and O–H groups in total. The van der Waals surface area contributed by atoms with Crippen molar-refractivity contribution in [1.29, 1.82) is 0 Å². The molecule has 2 aliphatic carbocycles. The molecule has 0 saturated heterocycles. The van der Waals surface area contributed by atoms with Gasteiger partial charge in [-0.2, -0.15) is 0 Å². The highest BCUT2D eigenvalue weighted by Crippen LogP contribution is 2.51. The molecule has 21 heavy (non-hydrogen) atoms. The van der Waals surface area contributed by atoms with Gasteiger partial charge in [0.1, 0.15) is 0 Å². The molecule has 0 unspecified atom stereocenters. The number of carbonyl (C=O) groups excluding carboxylic acids is 1. The smallest absolute Gasteiger partial charge is 0.305 e. The first-order valence-corrected chi connectivity index (χ1v) is 7.70. The molecule has 1 aromatic carbocycles. The van der Waals surface area contributed by atoms with Crippen molar-refractivity contribution in [3.8, 4) is 0 Å². The van der Waals surface area contributed by atoms with Gasteiger partial charge < -0.3 is 10.0 Å². The zero-order chi connectivity index (χ0) is 15.0. The van der Waals surface area contributed by atoms with Crippen LogP contribution in [-0.4, -0.2) is 34.5 Å². The van der Waals surface area contributed by atoms with Crippen molar-refractivity contribution < 1.29 is 14.7 Å². The molecule has 1 aromatic rings. The lowest BCUT2D eigenvalue weighted by atomic mass is 9.94. The van der Waals surface area contributed by atoms with Gasteiger partial charge in [0.15, 0.2) is 0 Å². The van der Waals surface area contributed by atoms with Crippen molar-refractivity contribution in [3.05, 3.63) is 34.9 Å². The van der Waals surface area contributed by atoms with Crippen LogP contribution < -0.4 is 0 Å². The predicted molar refractivity (Wildman–Crippen MR) is 79.4 cm³/mol. The number of benzene rings is 1. The Morgan fingerprint density at radius 1 is 1.24 bits per heavy atom. The van der Waals surface area contributed by atoms with Crippen molar-refractivity contribution in [3.63, 3.8) is 0 Å². The largest absolute Gasteiger partial charge is 0.481 e. The summed E-state index contributed by atoms with van der Waals surface area (Å²) in [4.78, 5) is 25.5. The van der Waals surface area contributed by atoms with Crippen molar-refractivity contribution in [2.45, 2.75) is 43.6 Å². The number of amides is 1. The molecule has 0 atom stereocenters. The average Bonchev–Trinajstić information content (AvgIpc) is 3.33. The van der Waals surface area contributed by atoms with Crippen molar-refractivity contribution in [2.24, 2.45) is 0 Å². The van der Waals surface area contributed by atoms with Crippen molar-refractivity contribution in [2.75, 3.05) is 6.54 Å². The molecule has 0 bridgehead atoms. The van der Waals surface area contributed by atoms with Gasteiger partial charge in [0.25, 0.3) is 0 Å². The number of hydrogen-bond acceptors (Lipinski definition) is 2. The van der Waals surface area contributed by atoms with Gasteiger partial charge in [-0.15, -0.1) is 0 Å². The Hall–Kier alpha value is -1.55. The molecule has 2 saturated carbocycles. The quantitative estimate of drug-likeness (QED) is 0.879. The van der Waals surface area contributed by atoms with E-state index in [2.05, 4.69) is 0 Å². The van der Waals surface area contributed by atoms with Crippen LogP contribution in [-0.2, 0) is 15.0 Å². The van der Waals surface area contributed by atoms with E-state index in [9.17, 15) is 9.59 Å². The first-order valence-electron chi connectivity index (χ1n) is 7.32. The maximum atomic E-state index is 12.9. The summed E-state index contributed by atoms with van der Waals surface area (Å²) in [6.07, 6.45) is 3.66. The zero-order valence-electron chi connectivity index (χ0n) is 11.7. The molecule has 5 heteroatoms. The Morgan fingerprint density at radius 2 is 1.86 bits per heavy atom. The summed E-state index contributed by atoms with van der Waals surface area (Å²) in [5.41, 5.74) is 0.559. The van der Waals surface area contributed by atoms with Gasteiger partial charge in [-0.05, 0) is 43.4 Å². The minimum absolute atomic E-state index is 0.0128. The van der Waals surface area contributed by atoms with Gasteiger partial charge in [0.2, 0.25) is 5.91 Å². The Morgan fingerprint density at radius 3 is 2.33 bits per heavy atom. The van der Waals surface area contributed by atoms with Gasteiger partial charge >= 0.3 is 5.97 Å². The zero-order valence-corrected chi connectivity index (χ0v) is 12.5. The van der Waals surface area contributed by atoms with E-state index < -0.39 is 11.4 Å². The number of aliphatic carboxylic acids is 1. The highest BCUT2D eigenvalue weighted by molar-refractivity contribution is 6.30. The number of rotatable bonds is 6. The van der Waals surface area contributed by atoms with Gasteiger partial charge in [0, 0.05) is 17.6 Å². The molecule has 0 spiro atoms. The molecule has 3 rings (SSSR count). The molecule has 0 radical (unpaired) electrons. The van der Waals surface area contributed by atoms with Crippen LogP contribution in [0.2, 0.25) is 5.02 Å². The van der Waals surface area contributed by atoms with Gasteiger partial charge in [-0.1, -0.05) is 23.7 Å². The van der Waals surface area contributed by atoms with E-state index in [0.717, 1.165) is 31.2 Å². The van der Waals surface area contributed by atoms with Crippen LogP contribution in [0.15, 0.2) is 24.3 Å². The molecule has 4 nitrogen and oxygen atoms in total. The first kappa shape index (κ1) is 14.4. The van der Waals surface area contributed by atoms with Crippen LogP contribution in [0.3, 0.4) is 0 Å². The Kier molecular flexibility index (Phi) is 3.66. The number of halogens is 1. The Bertz CT molecular complexity index is 561. The summed E-state index contributed by atoms with van der Waals surface area (Å²) in [5, 5.41) is 9.52. The molecular weight excluding hydrogens is 290 g/mol. The maximum Gasteiger partial charge on any atom is 0.305 e. The molecule has 112 valence electrons. The van der Waals surface area contributed by atoms with E-state index in [1.54, 1.807) is 4.90 Å². The topological polar surface area (TPSA) is 57.6 Å². The number of nitrogens with zero attached hydrogens (tertiary/aromatic N) is 1. The Balaban J connectivity index is 1.78. The Labute approximate surface area is 128 Å². The average molecular weight is 308 g/mol. The fourth-order valence-corrected chi connectivity index (χ4v) is 2.97. The fourth-order valence-electron chi connectivity index (χ4n) is 2.85. The summed E-state index contributed by atoms with van der Waals surface area (Å²) in [6.45, 7) is 0.314. The molecule has 1 amide bonds. The van der Waals surface area contributed by atoms with Crippen LogP contribution in [0.4, 0.5) is 0 Å². The van der Waals surface area contributed by atoms with Crippen LogP contribution >= 0.6 is 11.6 Å². The predicted octanol–water partition coefficient (Wildman–Crippen LogP) is 2.84. The lowest BCUT2D eigenvalue weighted by molar-refractivity contribution is -0.139. The summed E-state index contributed by atoms with van der Waals surface area (Å²) < 4.78 is 0. The number of carbonyl (C=O) groups is 2. The highest BCUT2D eigenvalue weighted by atomic mass is 35.5.